The monoisotopic (exact) mass is 346 g/mol. The first-order valence-corrected chi connectivity index (χ1v) is 10.2. The molecule has 0 saturated heterocycles. The van der Waals surface area contributed by atoms with Crippen LogP contribution in [0, 0.1) is 34.0 Å². The molecular weight excluding hydrogens is 312 g/mol. The highest BCUT2D eigenvalue weighted by Gasteiger charge is 2.65. The second kappa shape index (κ2) is 5.58. The average molecular weight is 347 g/mol. The molecule has 4 saturated carbocycles. The molecule has 1 N–H and O–H groups in total. The number of carbonyl (C=O) groups is 1. The van der Waals surface area contributed by atoms with Crippen LogP contribution < -0.4 is 0 Å². The van der Waals surface area contributed by atoms with Crippen molar-refractivity contribution in [1.82, 2.24) is 0 Å². The van der Waals surface area contributed by atoms with Crippen LogP contribution in [0.2, 0.25) is 0 Å². The molecule has 3 nitrogen and oxygen atoms in total. The maximum absolute atomic E-state index is 11.4. The van der Waals surface area contributed by atoms with Crippen LogP contribution in [0.15, 0.2) is 12.2 Å². The molecule has 0 aromatic rings. The molecule has 4 aliphatic carbocycles. The van der Waals surface area contributed by atoms with Gasteiger partial charge in [0.25, 0.3) is 0 Å². The molecule has 0 aromatic carbocycles. The number of rotatable bonds is 2. The second-order valence-electron chi connectivity index (χ2n) is 10.2. The van der Waals surface area contributed by atoms with Gasteiger partial charge in [-0.15, -0.1) is 0 Å². The quantitative estimate of drug-likeness (QED) is 0.592. The fourth-order valence-corrected chi connectivity index (χ4v) is 7.84. The number of carbonyl (C=O) groups excluding carboxylic acids is 1. The zero-order chi connectivity index (χ0) is 18.0. The van der Waals surface area contributed by atoms with E-state index in [9.17, 15) is 9.90 Å². The molecule has 0 heterocycles. The number of esters is 1. The zero-order valence-corrected chi connectivity index (χ0v) is 16.1. The van der Waals surface area contributed by atoms with E-state index in [0.29, 0.717) is 17.9 Å². The lowest BCUT2D eigenvalue weighted by Crippen LogP contribution is -2.61. The highest BCUT2D eigenvalue weighted by atomic mass is 16.5. The minimum atomic E-state index is -0.367. The summed E-state index contributed by atoms with van der Waals surface area (Å²) in [5.41, 5.74) is 1.91. The van der Waals surface area contributed by atoms with Crippen molar-refractivity contribution in [2.75, 3.05) is 6.61 Å². The summed E-state index contributed by atoms with van der Waals surface area (Å²) in [5, 5.41) is 10.9. The molecule has 0 radical (unpaired) electrons. The lowest BCUT2D eigenvalue weighted by molar-refractivity contribution is -0.203. The largest absolute Gasteiger partial charge is 0.465 e. The highest BCUT2D eigenvalue weighted by molar-refractivity contribution is 5.65. The molecule has 0 aromatic heterocycles. The van der Waals surface area contributed by atoms with Crippen LogP contribution in [-0.2, 0) is 9.53 Å². The lowest BCUT2D eigenvalue weighted by atomic mass is 9.40. The van der Waals surface area contributed by atoms with Crippen molar-refractivity contribution in [3.8, 4) is 0 Å². The van der Waals surface area contributed by atoms with Crippen LogP contribution in [0.1, 0.15) is 72.1 Å². The normalized spacial score (nSPS) is 51.6. The summed E-state index contributed by atoms with van der Waals surface area (Å²) >= 11 is 0. The van der Waals surface area contributed by atoms with Gasteiger partial charge in [-0.05, 0) is 80.0 Å². The van der Waals surface area contributed by atoms with Gasteiger partial charge in [-0.2, -0.15) is 0 Å². The van der Waals surface area contributed by atoms with Gasteiger partial charge >= 0.3 is 5.97 Å². The van der Waals surface area contributed by atoms with Gasteiger partial charge in [0.15, 0.2) is 0 Å². The van der Waals surface area contributed by atoms with Crippen LogP contribution in [0.3, 0.4) is 0 Å². The summed E-state index contributed by atoms with van der Waals surface area (Å²) in [6, 6.07) is 0. The average Bonchev–Trinajstić information content (AvgIpc) is 2.79. The molecule has 2 bridgehead atoms. The Kier molecular flexibility index (Phi) is 3.92. The van der Waals surface area contributed by atoms with Crippen LogP contribution >= 0.6 is 0 Å². The number of allylic oxidation sites excluding steroid dienone is 1. The van der Waals surface area contributed by atoms with E-state index >= 15 is 0 Å². The number of fused-ring (bicyclic) bond motifs is 3. The van der Waals surface area contributed by atoms with E-state index in [1.165, 1.54) is 44.6 Å². The van der Waals surface area contributed by atoms with Gasteiger partial charge in [0.1, 0.15) is 0 Å². The van der Waals surface area contributed by atoms with E-state index in [2.05, 4.69) is 20.4 Å². The summed E-state index contributed by atoms with van der Waals surface area (Å²) in [6.07, 6.45) is 9.19. The van der Waals surface area contributed by atoms with Crippen LogP contribution in [0.5, 0.6) is 0 Å². The number of aliphatic hydroxyl groups is 1. The van der Waals surface area contributed by atoms with Gasteiger partial charge in [0.05, 0.1) is 12.7 Å². The van der Waals surface area contributed by atoms with E-state index in [-0.39, 0.29) is 22.9 Å². The first-order valence-electron chi connectivity index (χ1n) is 10.2. The molecule has 25 heavy (non-hydrogen) atoms. The maximum atomic E-state index is 11.4. The van der Waals surface area contributed by atoms with Gasteiger partial charge in [-0.1, -0.05) is 26.0 Å². The second-order valence-corrected chi connectivity index (χ2v) is 10.2. The van der Waals surface area contributed by atoms with Crippen molar-refractivity contribution in [2.24, 2.45) is 34.0 Å². The number of hydrogen-bond acceptors (Lipinski definition) is 3. The molecule has 0 amide bonds. The molecule has 4 fully saturated rings. The summed E-state index contributed by atoms with van der Waals surface area (Å²) in [6.45, 7) is 10.9. The minimum Gasteiger partial charge on any atom is -0.465 e. The third-order valence-electron chi connectivity index (χ3n) is 8.98. The first-order chi connectivity index (χ1) is 11.7. The topological polar surface area (TPSA) is 46.5 Å². The minimum absolute atomic E-state index is 0.236. The highest BCUT2D eigenvalue weighted by Crippen LogP contribution is 2.72. The SMILES string of the molecule is C=C1C[C@@]23CC[C@@H]4[C@](C)(COC(C)=O)[C@H](O)CC[C@@]4(C)[C@@H]2CC[C@@H]1C3. The van der Waals surface area contributed by atoms with E-state index in [0.717, 1.165) is 31.1 Å². The molecule has 0 aliphatic heterocycles. The Balaban J connectivity index is 1.67. The summed E-state index contributed by atoms with van der Waals surface area (Å²) < 4.78 is 5.45. The predicted octanol–water partition coefficient (Wildman–Crippen LogP) is 4.49. The van der Waals surface area contributed by atoms with Crippen molar-refractivity contribution < 1.29 is 14.6 Å². The standard InChI is InChI=1S/C22H34O3/c1-14-11-22-10-7-17-20(3,18(22)6-5-16(14)12-22)9-8-19(24)21(17,4)13-25-15(2)23/h16-19,24H,1,5-13H2,2-4H3/t16-,17+,18+,19-,20-,21+,22-/m1/s1. The Labute approximate surface area is 152 Å². The van der Waals surface area contributed by atoms with Crippen molar-refractivity contribution >= 4 is 5.97 Å². The van der Waals surface area contributed by atoms with E-state index in [1.54, 1.807) is 0 Å². The van der Waals surface area contributed by atoms with Gasteiger partial charge < -0.3 is 9.84 Å². The molecule has 140 valence electrons. The van der Waals surface area contributed by atoms with E-state index in [1.807, 2.05) is 0 Å². The number of ether oxygens (including phenoxy) is 1. The zero-order valence-electron chi connectivity index (χ0n) is 16.1. The fourth-order valence-electron chi connectivity index (χ4n) is 7.84. The van der Waals surface area contributed by atoms with Crippen molar-refractivity contribution in [2.45, 2.75) is 78.2 Å². The Hall–Kier alpha value is -0.830. The van der Waals surface area contributed by atoms with Gasteiger partial charge in [0.2, 0.25) is 0 Å². The molecular formula is C22H34O3. The molecule has 4 aliphatic rings. The molecule has 0 unspecified atom stereocenters. The van der Waals surface area contributed by atoms with Crippen molar-refractivity contribution in [3.63, 3.8) is 0 Å². The van der Waals surface area contributed by atoms with Gasteiger partial charge in [0, 0.05) is 12.3 Å². The summed E-state index contributed by atoms with van der Waals surface area (Å²) in [4.78, 5) is 11.4. The maximum Gasteiger partial charge on any atom is 0.302 e. The number of aliphatic hydroxyl groups excluding tert-OH is 1. The van der Waals surface area contributed by atoms with E-state index in [4.69, 9.17) is 4.74 Å². The summed E-state index contributed by atoms with van der Waals surface area (Å²) in [7, 11) is 0. The van der Waals surface area contributed by atoms with Crippen molar-refractivity contribution in [1.29, 1.82) is 0 Å². The van der Waals surface area contributed by atoms with E-state index < -0.39 is 0 Å². The number of hydrogen-bond donors (Lipinski definition) is 1. The van der Waals surface area contributed by atoms with Crippen molar-refractivity contribution in [3.05, 3.63) is 12.2 Å². The third-order valence-corrected chi connectivity index (χ3v) is 8.98. The smallest absolute Gasteiger partial charge is 0.302 e. The molecule has 7 atom stereocenters. The van der Waals surface area contributed by atoms with Gasteiger partial charge in [-0.3, -0.25) is 4.79 Å². The predicted molar refractivity (Wildman–Crippen MR) is 97.8 cm³/mol. The Morgan fingerprint density at radius 2 is 1.96 bits per heavy atom. The summed E-state index contributed by atoms with van der Waals surface area (Å²) in [5.74, 6) is 1.70. The van der Waals surface area contributed by atoms with Crippen LogP contribution in [-0.4, -0.2) is 23.8 Å². The molecule has 4 rings (SSSR count). The molecule has 3 heteroatoms. The third kappa shape index (κ3) is 2.37. The Morgan fingerprint density at radius 1 is 1.20 bits per heavy atom. The Bertz CT molecular complexity index is 598. The van der Waals surface area contributed by atoms with Gasteiger partial charge in [-0.25, -0.2) is 0 Å². The first kappa shape index (κ1) is 17.6. The van der Waals surface area contributed by atoms with Crippen LogP contribution in [0.25, 0.3) is 0 Å². The van der Waals surface area contributed by atoms with Crippen LogP contribution in [0.4, 0.5) is 0 Å². The molecule has 1 spiro atoms. The fraction of sp³-hybridized carbons (Fsp3) is 0.864. The Morgan fingerprint density at radius 3 is 2.68 bits per heavy atom. The lowest BCUT2D eigenvalue weighted by Gasteiger charge is -2.65.